The number of alkyl halides is 1. The van der Waals surface area contributed by atoms with Crippen LogP contribution in [0.15, 0.2) is 34.3 Å². The highest BCUT2D eigenvalue weighted by Gasteiger charge is 2.39. The molecule has 0 saturated heterocycles. The summed E-state index contributed by atoms with van der Waals surface area (Å²) in [7, 11) is 1.46. The monoisotopic (exact) mass is 236 g/mol. The highest BCUT2D eigenvalue weighted by molar-refractivity contribution is 6.06. The highest BCUT2D eigenvalue weighted by atomic mass is 19.1. The lowest BCUT2D eigenvalue weighted by atomic mass is 9.94. The molecular weight excluding hydrogens is 223 g/mol. The summed E-state index contributed by atoms with van der Waals surface area (Å²) in [6, 6.07) is 6.65. The molecule has 2 atom stereocenters. The molecule has 0 aliphatic carbocycles. The Kier molecular flexibility index (Phi) is 2.81. The Morgan fingerprint density at radius 1 is 1.41 bits per heavy atom. The van der Waals surface area contributed by atoms with E-state index in [0.717, 1.165) is 6.21 Å². The number of amidine groups is 1. The molecule has 1 aliphatic rings. The topological polar surface area (TPSA) is 86.0 Å². The Morgan fingerprint density at radius 2 is 2.12 bits per heavy atom. The van der Waals surface area contributed by atoms with Crippen LogP contribution in [0, 0.1) is 0 Å². The lowest BCUT2D eigenvalue weighted by Crippen LogP contribution is -2.44. The number of halogens is 1. The van der Waals surface area contributed by atoms with Crippen molar-refractivity contribution in [1.29, 1.82) is 0 Å². The van der Waals surface area contributed by atoms with Gasteiger partial charge >= 0.3 is 0 Å². The first-order chi connectivity index (χ1) is 8.08. The van der Waals surface area contributed by atoms with Crippen LogP contribution in [-0.4, -0.2) is 25.4 Å². The molecule has 0 radical (unpaired) electrons. The Labute approximate surface area is 98.0 Å². The van der Waals surface area contributed by atoms with Crippen molar-refractivity contribution in [3.63, 3.8) is 0 Å². The summed E-state index contributed by atoms with van der Waals surface area (Å²) in [4.78, 5) is 7.47. The SMILES string of the molecule is COc1ccccc1C1(F)C=NC(N)N=C1N. The van der Waals surface area contributed by atoms with E-state index in [-0.39, 0.29) is 11.4 Å². The average Bonchev–Trinajstić information content (AvgIpc) is 2.34. The molecule has 1 aromatic carbocycles. The van der Waals surface area contributed by atoms with Crippen molar-refractivity contribution in [2.24, 2.45) is 21.5 Å². The predicted molar refractivity (Wildman–Crippen MR) is 63.9 cm³/mol. The van der Waals surface area contributed by atoms with Crippen molar-refractivity contribution in [1.82, 2.24) is 0 Å². The highest BCUT2D eigenvalue weighted by Crippen LogP contribution is 2.33. The maximum Gasteiger partial charge on any atom is 0.230 e. The lowest BCUT2D eigenvalue weighted by molar-refractivity contribution is 0.333. The van der Waals surface area contributed by atoms with Gasteiger partial charge in [0.05, 0.1) is 13.3 Å². The van der Waals surface area contributed by atoms with Gasteiger partial charge in [-0.05, 0) is 6.07 Å². The number of methoxy groups -OCH3 is 1. The maximum absolute atomic E-state index is 14.8. The van der Waals surface area contributed by atoms with Gasteiger partial charge in [-0.2, -0.15) is 0 Å². The van der Waals surface area contributed by atoms with Gasteiger partial charge in [-0.3, -0.25) is 10.7 Å². The fourth-order valence-electron chi connectivity index (χ4n) is 1.67. The van der Waals surface area contributed by atoms with Gasteiger partial charge in [-0.25, -0.2) is 9.38 Å². The zero-order chi connectivity index (χ0) is 12.5. The minimum atomic E-state index is -2.07. The number of hydrogen-bond acceptors (Lipinski definition) is 5. The number of rotatable bonds is 2. The summed E-state index contributed by atoms with van der Waals surface area (Å²) >= 11 is 0. The zero-order valence-corrected chi connectivity index (χ0v) is 9.30. The molecule has 90 valence electrons. The van der Waals surface area contributed by atoms with E-state index in [2.05, 4.69) is 9.98 Å². The fourth-order valence-corrected chi connectivity index (χ4v) is 1.67. The van der Waals surface area contributed by atoms with Gasteiger partial charge in [0.2, 0.25) is 5.67 Å². The number of nitrogens with two attached hydrogens (primary N) is 2. The molecule has 0 saturated carbocycles. The third-order valence-electron chi connectivity index (χ3n) is 2.55. The van der Waals surface area contributed by atoms with Crippen molar-refractivity contribution in [3.05, 3.63) is 29.8 Å². The first-order valence-corrected chi connectivity index (χ1v) is 5.04. The smallest absolute Gasteiger partial charge is 0.230 e. The molecule has 17 heavy (non-hydrogen) atoms. The van der Waals surface area contributed by atoms with Gasteiger partial charge in [-0.15, -0.1) is 0 Å². The number of ether oxygens (including phenoxy) is 1. The summed E-state index contributed by atoms with van der Waals surface area (Å²) < 4.78 is 19.9. The average molecular weight is 236 g/mol. The van der Waals surface area contributed by atoms with E-state index >= 15 is 0 Å². The van der Waals surface area contributed by atoms with Crippen LogP contribution in [0.1, 0.15) is 5.56 Å². The first kappa shape index (κ1) is 11.5. The van der Waals surface area contributed by atoms with Crippen LogP contribution in [0.4, 0.5) is 4.39 Å². The van der Waals surface area contributed by atoms with Crippen molar-refractivity contribution in [2.45, 2.75) is 12.0 Å². The minimum absolute atomic E-state index is 0.218. The molecule has 1 heterocycles. The van der Waals surface area contributed by atoms with Gasteiger partial charge in [0.1, 0.15) is 11.6 Å². The van der Waals surface area contributed by atoms with Crippen LogP contribution in [0.5, 0.6) is 5.75 Å². The molecule has 0 bridgehead atoms. The van der Waals surface area contributed by atoms with E-state index in [1.807, 2.05) is 0 Å². The van der Waals surface area contributed by atoms with Crippen molar-refractivity contribution < 1.29 is 9.13 Å². The first-order valence-electron chi connectivity index (χ1n) is 5.04. The Bertz CT molecular complexity index is 488. The number of aliphatic imine (C=N–C) groups is 2. The molecule has 0 spiro atoms. The van der Waals surface area contributed by atoms with Crippen LogP contribution in [0.3, 0.4) is 0 Å². The van der Waals surface area contributed by atoms with Gasteiger partial charge in [0, 0.05) is 5.56 Å². The van der Waals surface area contributed by atoms with Crippen LogP contribution in [0.2, 0.25) is 0 Å². The van der Waals surface area contributed by atoms with E-state index in [0.29, 0.717) is 5.75 Å². The second-order valence-electron chi connectivity index (χ2n) is 3.62. The van der Waals surface area contributed by atoms with Gasteiger partial charge < -0.3 is 10.5 Å². The molecule has 1 aliphatic heterocycles. The van der Waals surface area contributed by atoms with E-state index in [1.165, 1.54) is 7.11 Å². The van der Waals surface area contributed by atoms with Crippen LogP contribution in [0.25, 0.3) is 0 Å². The number of nitrogens with zero attached hydrogens (tertiary/aromatic N) is 2. The van der Waals surface area contributed by atoms with E-state index in [9.17, 15) is 4.39 Å². The van der Waals surface area contributed by atoms with Crippen LogP contribution in [-0.2, 0) is 5.67 Å². The molecule has 0 aromatic heterocycles. The van der Waals surface area contributed by atoms with Crippen molar-refractivity contribution in [3.8, 4) is 5.75 Å². The third-order valence-corrected chi connectivity index (χ3v) is 2.55. The molecule has 5 nitrogen and oxygen atoms in total. The number of para-hydroxylation sites is 1. The summed E-state index contributed by atoms with van der Waals surface area (Å²) in [5.74, 6) is 0.166. The van der Waals surface area contributed by atoms with Crippen molar-refractivity contribution >= 4 is 12.1 Å². The lowest BCUT2D eigenvalue weighted by Gasteiger charge is -2.26. The van der Waals surface area contributed by atoms with Crippen molar-refractivity contribution in [2.75, 3.05) is 7.11 Å². The van der Waals surface area contributed by atoms with Gasteiger partial charge in [0.25, 0.3) is 0 Å². The number of benzene rings is 1. The normalized spacial score (nSPS) is 27.7. The molecular formula is C11H13FN4O. The molecule has 4 N–H and O–H groups in total. The Balaban J connectivity index is 2.52. The van der Waals surface area contributed by atoms with E-state index in [4.69, 9.17) is 16.2 Å². The number of hydrogen-bond donors (Lipinski definition) is 2. The van der Waals surface area contributed by atoms with Gasteiger partial charge in [-0.1, -0.05) is 18.2 Å². The quantitative estimate of drug-likeness (QED) is 0.786. The van der Waals surface area contributed by atoms with Crippen LogP contribution < -0.4 is 16.2 Å². The molecule has 2 rings (SSSR count). The molecule has 0 amide bonds. The Morgan fingerprint density at radius 3 is 2.76 bits per heavy atom. The zero-order valence-electron chi connectivity index (χ0n) is 9.30. The van der Waals surface area contributed by atoms with Crippen LogP contribution >= 0.6 is 0 Å². The van der Waals surface area contributed by atoms with E-state index < -0.39 is 12.0 Å². The third kappa shape index (κ3) is 1.87. The Hall–Kier alpha value is -1.95. The molecule has 0 fully saturated rings. The fraction of sp³-hybridized carbons (Fsp3) is 0.273. The minimum Gasteiger partial charge on any atom is -0.496 e. The summed E-state index contributed by atoms with van der Waals surface area (Å²) in [5.41, 5.74) is 9.24. The largest absolute Gasteiger partial charge is 0.496 e. The summed E-state index contributed by atoms with van der Waals surface area (Å²) in [5, 5.41) is 0. The maximum atomic E-state index is 14.8. The second-order valence-corrected chi connectivity index (χ2v) is 3.62. The second kappa shape index (κ2) is 4.14. The molecule has 2 unspecified atom stereocenters. The summed E-state index contributed by atoms with van der Waals surface area (Å²) in [6.45, 7) is 0. The summed E-state index contributed by atoms with van der Waals surface area (Å²) in [6.07, 6.45) is 0.228. The standard InChI is InChI=1S/C11H13FN4O/c1-17-8-5-3-2-4-7(8)11(12)6-15-10(14)16-9(11)13/h2-6,10H,14H2,1H3,(H2,13,16). The predicted octanol–water partition coefficient (Wildman–Crippen LogP) is 0.544. The van der Waals surface area contributed by atoms with E-state index in [1.54, 1.807) is 24.3 Å². The molecule has 1 aromatic rings. The van der Waals surface area contributed by atoms with Gasteiger partial charge in [0.15, 0.2) is 6.29 Å². The molecule has 6 heteroatoms.